The Kier molecular flexibility index (Phi) is 5.97. The average molecular weight is 442 g/mol. The largest absolute Gasteiger partial charge is 0.361 e. The van der Waals surface area contributed by atoms with Gasteiger partial charge in [-0.25, -0.2) is 4.79 Å². The highest BCUT2D eigenvalue weighted by Crippen LogP contribution is 2.35. The summed E-state index contributed by atoms with van der Waals surface area (Å²) >= 11 is 12.6. The van der Waals surface area contributed by atoms with E-state index in [0.717, 1.165) is 27.7 Å². The summed E-state index contributed by atoms with van der Waals surface area (Å²) in [4.78, 5) is 15.7. The van der Waals surface area contributed by atoms with Crippen LogP contribution in [0.4, 0.5) is 4.79 Å². The first kappa shape index (κ1) is 20.3. The Morgan fingerprint density at radius 1 is 1.13 bits per heavy atom. The molecular formula is C22H21Cl2N5O. The summed E-state index contributed by atoms with van der Waals surface area (Å²) in [6, 6.07) is 15.1. The number of nitrogens with zero attached hydrogens (tertiary/aromatic N) is 2. The molecule has 2 aromatic carbocycles. The van der Waals surface area contributed by atoms with E-state index in [2.05, 4.69) is 26.8 Å². The van der Waals surface area contributed by atoms with Gasteiger partial charge in [-0.05, 0) is 35.4 Å². The van der Waals surface area contributed by atoms with E-state index in [4.69, 9.17) is 23.2 Å². The van der Waals surface area contributed by atoms with Crippen LogP contribution < -0.4 is 10.6 Å². The number of halogens is 2. The van der Waals surface area contributed by atoms with Crippen LogP contribution in [-0.4, -0.2) is 27.3 Å². The number of amides is 2. The van der Waals surface area contributed by atoms with Gasteiger partial charge in [0.1, 0.15) is 0 Å². The number of hydrogen-bond donors (Lipinski definition) is 3. The molecule has 0 saturated heterocycles. The highest BCUT2D eigenvalue weighted by Gasteiger charge is 2.21. The van der Waals surface area contributed by atoms with Crippen LogP contribution in [0.3, 0.4) is 0 Å². The lowest BCUT2D eigenvalue weighted by molar-refractivity contribution is 0.240. The maximum Gasteiger partial charge on any atom is 0.315 e. The predicted molar refractivity (Wildman–Crippen MR) is 120 cm³/mol. The molecule has 1 atom stereocenters. The van der Waals surface area contributed by atoms with Crippen molar-refractivity contribution in [3.05, 3.63) is 87.8 Å². The Bertz CT molecular complexity index is 1180. The van der Waals surface area contributed by atoms with E-state index in [0.29, 0.717) is 23.1 Å². The number of hydrogen-bond acceptors (Lipinski definition) is 2. The topological polar surface area (TPSA) is 74.7 Å². The van der Waals surface area contributed by atoms with Gasteiger partial charge in [-0.3, -0.25) is 4.68 Å². The lowest BCUT2D eigenvalue weighted by Crippen LogP contribution is -2.38. The zero-order chi connectivity index (χ0) is 21.1. The fraction of sp³-hybridized carbons (Fsp3) is 0.182. The molecule has 154 valence electrons. The molecule has 2 heterocycles. The molecule has 0 fully saturated rings. The maximum absolute atomic E-state index is 12.4. The van der Waals surface area contributed by atoms with Gasteiger partial charge in [-0.15, -0.1) is 0 Å². The van der Waals surface area contributed by atoms with Crippen LogP contribution in [0.1, 0.15) is 22.7 Å². The SMILES string of the molecule is Cn1nccc1CNC(=O)NCC(c1ccc(Cl)cc1Cl)c1c[nH]c2ccccc12. The summed E-state index contributed by atoms with van der Waals surface area (Å²) in [7, 11) is 1.84. The molecule has 0 radical (unpaired) electrons. The molecule has 0 saturated carbocycles. The van der Waals surface area contributed by atoms with Gasteiger partial charge < -0.3 is 15.6 Å². The molecule has 4 rings (SSSR count). The monoisotopic (exact) mass is 441 g/mol. The first-order chi connectivity index (χ1) is 14.5. The zero-order valence-electron chi connectivity index (χ0n) is 16.3. The number of aromatic nitrogens is 3. The van der Waals surface area contributed by atoms with Gasteiger partial charge >= 0.3 is 6.03 Å². The van der Waals surface area contributed by atoms with Gasteiger partial charge in [0, 0.05) is 52.9 Å². The van der Waals surface area contributed by atoms with Crippen molar-refractivity contribution in [3.63, 3.8) is 0 Å². The van der Waals surface area contributed by atoms with Crippen LogP contribution in [0.2, 0.25) is 10.0 Å². The highest BCUT2D eigenvalue weighted by atomic mass is 35.5. The van der Waals surface area contributed by atoms with E-state index in [-0.39, 0.29) is 11.9 Å². The van der Waals surface area contributed by atoms with Gasteiger partial charge in [0.15, 0.2) is 0 Å². The molecule has 1 unspecified atom stereocenters. The molecule has 6 nitrogen and oxygen atoms in total. The summed E-state index contributed by atoms with van der Waals surface area (Å²) in [6.45, 7) is 0.766. The minimum atomic E-state index is -0.258. The van der Waals surface area contributed by atoms with Crippen molar-refractivity contribution in [3.8, 4) is 0 Å². The molecule has 2 aromatic heterocycles. The van der Waals surface area contributed by atoms with Crippen molar-refractivity contribution >= 4 is 40.1 Å². The van der Waals surface area contributed by atoms with E-state index in [1.807, 2.05) is 49.6 Å². The van der Waals surface area contributed by atoms with Crippen LogP contribution >= 0.6 is 23.2 Å². The number of benzene rings is 2. The minimum absolute atomic E-state index is 0.145. The first-order valence-electron chi connectivity index (χ1n) is 9.52. The van der Waals surface area contributed by atoms with Crippen molar-refractivity contribution in [2.24, 2.45) is 7.05 Å². The fourth-order valence-electron chi connectivity index (χ4n) is 3.56. The molecule has 4 aromatic rings. The van der Waals surface area contributed by atoms with E-state index in [1.54, 1.807) is 16.9 Å². The molecule has 3 N–H and O–H groups in total. The maximum atomic E-state index is 12.4. The van der Waals surface area contributed by atoms with Crippen molar-refractivity contribution in [2.75, 3.05) is 6.54 Å². The van der Waals surface area contributed by atoms with Gasteiger partial charge in [-0.1, -0.05) is 47.5 Å². The number of H-pyrrole nitrogens is 1. The number of carbonyl (C=O) groups excluding carboxylic acids is 1. The van der Waals surface area contributed by atoms with E-state index in [9.17, 15) is 4.79 Å². The Hall–Kier alpha value is -2.96. The summed E-state index contributed by atoms with van der Waals surface area (Å²) in [5, 5.41) is 12.2. The third-order valence-electron chi connectivity index (χ3n) is 5.15. The van der Waals surface area contributed by atoms with Crippen molar-refractivity contribution in [1.82, 2.24) is 25.4 Å². The Morgan fingerprint density at radius 3 is 2.73 bits per heavy atom. The first-order valence-corrected chi connectivity index (χ1v) is 10.3. The summed E-state index contributed by atoms with van der Waals surface area (Å²) in [5.41, 5.74) is 3.90. The van der Waals surface area contributed by atoms with Gasteiger partial charge in [0.2, 0.25) is 0 Å². The number of para-hydroxylation sites is 1. The number of urea groups is 1. The predicted octanol–water partition coefficient (Wildman–Crippen LogP) is 4.84. The number of nitrogens with one attached hydrogen (secondary N) is 3. The average Bonchev–Trinajstić information content (AvgIpc) is 3.34. The second-order valence-electron chi connectivity index (χ2n) is 7.02. The molecule has 0 aliphatic rings. The van der Waals surface area contributed by atoms with Crippen LogP contribution in [-0.2, 0) is 13.6 Å². The lowest BCUT2D eigenvalue weighted by Gasteiger charge is -2.20. The van der Waals surface area contributed by atoms with Crippen LogP contribution in [0.15, 0.2) is 60.9 Å². The van der Waals surface area contributed by atoms with Crippen LogP contribution in [0.25, 0.3) is 10.9 Å². The highest BCUT2D eigenvalue weighted by molar-refractivity contribution is 6.35. The second kappa shape index (κ2) is 8.81. The standard InChI is InChI=1S/C22H21Cl2N5O/c1-29-15(8-9-28-29)11-26-22(30)27-13-18(16-7-6-14(23)10-20(16)24)19-12-25-21-5-3-2-4-17(19)21/h2-10,12,18,25H,11,13H2,1H3,(H2,26,27,30). The molecule has 0 bridgehead atoms. The summed E-state index contributed by atoms with van der Waals surface area (Å²) in [6.07, 6.45) is 3.67. The Morgan fingerprint density at radius 2 is 1.97 bits per heavy atom. The van der Waals surface area contributed by atoms with E-state index < -0.39 is 0 Å². The third-order valence-corrected chi connectivity index (χ3v) is 5.72. The molecule has 8 heteroatoms. The van der Waals surface area contributed by atoms with Gasteiger partial charge in [0.05, 0.1) is 12.2 Å². The molecule has 0 spiro atoms. The minimum Gasteiger partial charge on any atom is -0.361 e. The second-order valence-corrected chi connectivity index (χ2v) is 7.86. The number of aryl methyl sites for hydroxylation is 1. The number of fused-ring (bicyclic) bond motifs is 1. The lowest BCUT2D eigenvalue weighted by atomic mass is 9.91. The van der Waals surface area contributed by atoms with Crippen molar-refractivity contribution < 1.29 is 4.79 Å². The Labute approximate surface area is 184 Å². The zero-order valence-corrected chi connectivity index (χ0v) is 17.8. The number of carbonyl (C=O) groups is 1. The van der Waals surface area contributed by atoms with Crippen LogP contribution in [0, 0.1) is 0 Å². The normalized spacial score (nSPS) is 12.1. The molecule has 30 heavy (non-hydrogen) atoms. The van der Waals surface area contributed by atoms with Crippen molar-refractivity contribution in [2.45, 2.75) is 12.5 Å². The quantitative estimate of drug-likeness (QED) is 0.400. The summed E-state index contributed by atoms with van der Waals surface area (Å²) in [5.74, 6) is -0.145. The number of rotatable bonds is 6. The smallest absolute Gasteiger partial charge is 0.315 e. The molecule has 0 aliphatic carbocycles. The fourth-order valence-corrected chi connectivity index (χ4v) is 4.10. The number of aromatic amines is 1. The summed E-state index contributed by atoms with van der Waals surface area (Å²) < 4.78 is 1.72. The molecule has 0 aliphatic heterocycles. The van der Waals surface area contributed by atoms with Crippen molar-refractivity contribution in [1.29, 1.82) is 0 Å². The van der Waals surface area contributed by atoms with Gasteiger partial charge in [-0.2, -0.15) is 5.10 Å². The van der Waals surface area contributed by atoms with Crippen LogP contribution in [0.5, 0.6) is 0 Å². The molecule has 2 amide bonds. The van der Waals surface area contributed by atoms with Gasteiger partial charge in [0.25, 0.3) is 0 Å². The van der Waals surface area contributed by atoms with E-state index >= 15 is 0 Å². The Balaban J connectivity index is 1.56. The third kappa shape index (κ3) is 4.30. The van der Waals surface area contributed by atoms with E-state index in [1.165, 1.54) is 0 Å². The molecular weight excluding hydrogens is 421 g/mol.